The predicted molar refractivity (Wildman–Crippen MR) is 133 cm³/mol. The highest BCUT2D eigenvalue weighted by atomic mass is 35.5. The Morgan fingerprint density at radius 2 is 1.74 bits per heavy atom. The molecule has 1 fully saturated rings. The number of piperazine rings is 1. The second kappa shape index (κ2) is 10.6. The average Bonchev–Trinajstić information content (AvgIpc) is 3.13. The third kappa shape index (κ3) is 5.78. The molecule has 1 aliphatic rings. The molecule has 0 aliphatic carbocycles. The normalized spacial score (nSPS) is 15.9. The van der Waals surface area contributed by atoms with Crippen molar-refractivity contribution >= 4 is 34.2 Å². The molecule has 10 heteroatoms. The Morgan fingerprint density at radius 3 is 2.40 bits per heavy atom. The van der Waals surface area contributed by atoms with E-state index in [1.54, 1.807) is 25.6 Å². The lowest BCUT2D eigenvalue weighted by Gasteiger charge is -2.34. The lowest BCUT2D eigenvalue weighted by atomic mass is 10.1. The van der Waals surface area contributed by atoms with E-state index in [2.05, 4.69) is 14.8 Å². The summed E-state index contributed by atoms with van der Waals surface area (Å²) < 4.78 is 46.8. The summed E-state index contributed by atoms with van der Waals surface area (Å²) in [5, 5.41) is 1.10. The molecule has 1 aliphatic heterocycles. The van der Waals surface area contributed by atoms with E-state index in [1.165, 1.54) is 0 Å². The van der Waals surface area contributed by atoms with Gasteiger partial charge in [-0.25, -0.2) is 4.98 Å². The Bertz CT molecular complexity index is 1200. The standard InChI is InChI=1S/C25H29Cl2F3N4O/c1-16-12-18(25(28,29)30)13-21-24(16)31-22(32(21)2)14-19-20(26)5-4-17(23(19)27)15-34-8-6-33(7-9-34)10-11-35-3/h4-5,12-13H,6-11,14-15H2,1-3H3. The van der Waals surface area contributed by atoms with Crippen LogP contribution in [0, 0.1) is 6.92 Å². The fraction of sp³-hybridized carbons (Fsp3) is 0.480. The molecule has 190 valence electrons. The average molecular weight is 529 g/mol. The van der Waals surface area contributed by atoms with Crippen LogP contribution in [-0.4, -0.2) is 65.8 Å². The zero-order chi connectivity index (χ0) is 25.3. The van der Waals surface area contributed by atoms with Crippen molar-refractivity contribution in [3.05, 3.63) is 62.4 Å². The van der Waals surface area contributed by atoms with Crippen LogP contribution < -0.4 is 0 Å². The molecule has 2 heterocycles. The molecule has 2 aromatic carbocycles. The quantitative estimate of drug-likeness (QED) is 0.401. The number of aryl methyl sites for hydroxylation is 2. The van der Waals surface area contributed by atoms with Crippen molar-refractivity contribution in [2.75, 3.05) is 46.4 Å². The number of rotatable bonds is 7. The number of hydrogen-bond acceptors (Lipinski definition) is 4. The highest BCUT2D eigenvalue weighted by molar-refractivity contribution is 6.36. The maximum absolute atomic E-state index is 13.3. The molecule has 0 saturated carbocycles. The number of halogens is 5. The minimum absolute atomic E-state index is 0.322. The third-order valence-electron chi connectivity index (χ3n) is 6.67. The highest BCUT2D eigenvalue weighted by Crippen LogP contribution is 2.35. The van der Waals surface area contributed by atoms with Crippen LogP contribution in [0.5, 0.6) is 0 Å². The Kier molecular flexibility index (Phi) is 7.98. The van der Waals surface area contributed by atoms with Crippen molar-refractivity contribution < 1.29 is 17.9 Å². The first-order valence-corrected chi connectivity index (χ1v) is 12.3. The van der Waals surface area contributed by atoms with Gasteiger partial charge >= 0.3 is 6.18 Å². The molecule has 5 nitrogen and oxygen atoms in total. The first kappa shape index (κ1) is 26.2. The maximum atomic E-state index is 13.3. The van der Waals surface area contributed by atoms with Crippen molar-refractivity contribution in [1.82, 2.24) is 19.4 Å². The molecule has 0 radical (unpaired) electrons. The Balaban J connectivity index is 1.56. The van der Waals surface area contributed by atoms with Gasteiger partial charge in [0.1, 0.15) is 5.82 Å². The Labute approximate surface area is 213 Å². The number of hydrogen-bond donors (Lipinski definition) is 0. The van der Waals surface area contributed by atoms with E-state index in [1.807, 2.05) is 12.1 Å². The van der Waals surface area contributed by atoms with Crippen molar-refractivity contribution in [2.24, 2.45) is 7.05 Å². The van der Waals surface area contributed by atoms with Crippen LogP contribution in [0.2, 0.25) is 10.0 Å². The van der Waals surface area contributed by atoms with Gasteiger partial charge in [-0.1, -0.05) is 29.3 Å². The molecule has 4 rings (SSSR count). The van der Waals surface area contributed by atoms with Crippen molar-refractivity contribution in [3.8, 4) is 0 Å². The summed E-state index contributed by atoms with van der Waals surface area (Å²) in [6.45, 7) is 7.82. The van der Waals surface area contributed by atoms with E-state index in [-0.39, 0.29) is 0 Å². The number of fused-ring (bicyclic) bond motifs is 1. The van der Waals surface area contributed by atoms with Crippen LogP contribution in [0.25, 0.3) is 11.0 Å². The van der Waals surface area contributed by atoms with E-state index >= 15 is 0 Å². The first-order valence-electron chi connectivity index (χ1n) is 11.5. The topological polar surface area (TPSA) is 33.5 Å². The fourth-order valence-electron chi connectivity index (χ4n) is 4.55. The van der Waals surface area contributed by atoms with Gasteiger partial charge in [0, 0.05) is 64.9 Å². The van der Waals surface area contributed by atoms with Crippen molar-refractivity contribution in [1.29, 1.82) is 0 Å². The third-order valence-corrected chi connectivity index (χ3v) is 7.49. The van der Waals surface area contributed by atoms with E-state index in [0.29, 0.717) is 45.4 Å². The first-order chi connectivity index (χ1) is 16.6. The van der Waals surface area contributed by atoms with Crippen molar-refractivity contribution in [3.63, 3.8) is 0 Å². The fourth-order valence-corrected chi connectivity index (χ4v) is 5.11. The summed E-state index contributed by atoms with van der Waals surface area (Å²) in [6, 6.07) is 6.06. The summed E-state index contributed by atoms with van der Waals surface area (Å²) >= 11 is 13.4. The minimum atomic E-state index is -4.42. The van der Waals surface area contributed by atoms with Crippen LogP contribution in [-0.2, 0) is 30.9 Å². The smallest absolute Gasteiger partial charge is 0.383 e. The molecule has 3 aromatic rings. The number of nitrogens with zero attached hydrogens (tertiary/aromatic N) is 4. The van der Waals surface area contributed by atoms with Gasteiger partial charge in [-0.2, -0.15) is 13.2 Å². The Hall–Kier alpha value is -1.84. The number of benzene rings is 2. The number of aromatic nitrogens is 2. The lowest BCUT2D eigenvalue weighted by Crippen LogP contribution is -2.46. The molecule has 1 saturated heterocycles. The number of methoxy groups -OCH3 is 1. The van der Waals surface area contributed by atoms with Crippen LogP contribution in [0.3, 0.4) is 0 Å². The number of alkyl halides is 3. The van der Waals surface area contributed by atoms with Gasteiger partial charge in [-0.3, -0.25) is 9.80 Å². The van der Waals surface area contributed by atoms with Gasteiger partial charge in [0.05, 0.1) is 28.2 Å². The SMILES string of the molecule is COCCN1CCN(Cc2ccc(Cl)c(Cc3nc4c(C)cc(C(F)(F)F)cc4n3C)c2Cl)CC1. The molecule has 0 bridgehead atoms. The zero-order valence-electron chi connectivity index (χ0n) is 20.1. The molecule has 0 unspecified atom stereocenters. The molecule has 0 amide bonds. The summed E-state index contributed by atoms with van der Waals surface area (Å²) in [5.41, 5.74) is 2.49. The molecular weight excluding hydrogens is 500 g/mol. The summed E-state index contributed by atoms with van der Waals surface area (Å²) in [4.78, 5) is 9.38. The summed E-state index contributed by atoms with van der Waals surface area (Å²) in [7, 11) is 3.43. The van der Waals surface area contributed by atoms with Gasteiger partial charge in [-0.15, -0.1) is 0 Å². The van der Waals surface area contributed by atoms with Gasteiger partial charge < -0.3 is 9.30 Å². The van der Waals surface area contributed by atoms with Crippen LogP contribution in [0.1, 0.15) is 28.1 Å². The molecule has 1 aromatic heterocycles. The largest absolute Gasteiger partial charge is 0.416 e. The molecule has 0 atom stereocenters. The minimum Gasteiger partial charge on any atom is -0.383 e. The van der Waals surface area contributed by atoms with Crippen molar-refractivity contribution in [2.45, 2.75) is 26.1 Å². The Morgan fingerprint density at radius 1 is 1.06 bits per heavy atom. The highest BCUT2D eigenvalue weighted by Gasteiger charge is 2.32. The molecule has 35 heavy (non-hydrogen) atoms. The molecule has 0 spiro atoms. The zero-order valence-corrected chi connectivity index (χ0v) is 21.6. The predicted octanol–water partition coefficient (Wildman–Crippen LogP) is 5.56. The summed E-state index contributed by atoms with van der Waals surface area (Å²) in [6.07, 6.45) is -4.10. The van der Waals surface area contributed by atoms with E-state index in [4.69, 9.17) is 27.9 Å². The number of ether oxygens (including phenoxy) is 1. The summed E-state index contributed by atoms with van der Waals surface area (Å²) in [5.74, 6) is 0.607. The van der Waals surface area contributed by atoms with Gasteiger partial charge in [0.25, 0.3) is 0 Å². The van der Waals surface area contributed by atoms with Crippen LogP contribution in [0.4, 0.5) is 13.2 Å². The van der Waals surface area contributed by atoms with Gasteiger partial charge in [0.2, 0.25) is 0 Å². The maximum Gasteiger partial charge on any atom is 0.416 e. The number of imidazole rings is 1. The van der Waals surface area contributed by atoms with E-state index in [0.717, 1.165) is 62.6 Å². The molecular formula is C25H29Cl2F3N4O. The second-order valence-electron chi connectivity index (χ2n) is 9.03. The van der Waals surface area contributed by atoms with Crippen LogP contribution in [0.15, 0.2) is 24.3 Å². The lowest BCUT2D eigenvalue weighted by molar-refractivity contribution is -0.137. The van der Waals surface area contributed by atoms with Gasteiger partial charge in [-0.05, 0) is 41.8 Å². The monoisotopic (exact) mass is 528 g/mol. The van der Waals surface area contributed by atoms with Crippen LogP contribution >= 0.6 is 23.2 Å². The van der Waals surface area contributed by atoms with E-state index < -0.39 is 11.7 Å². The van der Waals surface area contributed by atoms with Gasteiger partial charge in [0.15, 0.2) is 0 Å². The van der Waals surface area contributed by atoms with E-state index in [9.17, 15) is 13.2 Å². The molecule has 0 N–H and O–H groups in total. The second-order valence-corrected chi connectivity index (χ2v) is 9.82.